The molecule has 2 atom stereocenters. The van der Waals surface area contributed by atoms with Gasteiger partial charge in [0.25, 0.3) is 5.91 Å². The lowest BCUT2D eigenvalue weighted by molar-refractivity contribution is -0.596. The van der Waals surface area contributed by atoms with E-state index in [0.717, 1.165) is 11.1 Å². The number of aryl methyl sites for hydroxylation is 1. The van der Waals surface area contributed by atoms with E-state index in [2.05, 4.69) is 10.7 Å². The molecule has 1 fully saturated rings. The van der Waals surface area contributed by atoms with Crippen molar-refractivity contribution in [2.24, 2.45) is 0 Å². The van der Waals surface area contributed by atoms with Gasteiger partial charge in [-0.2, -0.15) is 0 Å². The highest BCUT2D eigenvalue weighted by molar-refractivity contribution is 6.30. The minimum atomic E-state index is -0.841. The van der Waals surface area contributed by atoms with Crippen molar-refractivity contribution < 1.29 is 18.7 Å². The van der Waals surface area contributed by atoms with Crippen molar-refractivity contribution >= 4 is 29.6 Å². The molecule has 5 nitrogen and oxygen atoms in total. The minimum Gasteiger partial charge on any atom is -0.334 e. The summed E-state index contributed by atoms with van der Waals surface area (Å²) in [5.41, 5.74) is 5.78. The number of rotatable bonds is 4. The van der Waals surface area contributed by atoms with Crippen molar-refractivity contribution in [3.8, 4) is 0 Å². The number of halogens is 2. The maximum atomic E-state index is 13.3. The van der Waals surface area contributed by atoms with Crippen LogP contribution in [0, 0.1) is 12.7 Å². The van der Waals surface area contributed by atoms with Gasteiger partial charge in [0, 0.05) is 21.7 Å². The molecule has 0 spiro atoms. The molecule has 156 valence electrons. The normalized spacial score (nSPS) is 19.3. The lowest BCUT2D eigenvalue weighted by Gasteiger charge is -2.15. The van der Waals surface area contributed by atoms with Gasteiger partial charge in [0.05, 0.1) is 0 Å². The fourth-order valence-corrected chi connectivity index (χ4v) is 3.61. The highest BCUT2D eigenvalue weighted by Crippen LogP contribution is 2.26. The molecule has 2 N–H and O–H groups in total. The van der Waals surface area contributed by atoms with Gasteiger partial charge in [-0.25, -0.2) is 4.39 Å². The Hall–Kier alpha value is -3.51. The third kappa shape index (κ3) is 4.64. The Morgan fingerprint density at radius 2 is 1.68 bits per heavy atom. The van der Waals surface area contributed by atoms with Crippen LogP contribution in [-0.2, 0) is 4.79 Å². The number of carbonyl (C=O) groups excluding carboxylic acids is 2. The van der Waals surface area contributed by atoms with Crippen molar-refractivity contribution in [3.63, 3.8) is 0 Å². The summed E-state index contributed by atoms with van der Waals surface area (Å²) in [5.74, 6) is -1.04. The number of nitrogens with one attached hydrogen (secondary N) is 2. The van der Waals surface area contributed by atoms with E-state index in [9.17, 15) is 14.0 Å². The summed E-state index contributed by atoms with van der Waals surface area (Å²) in [6.45, 7) is 1.94. The van der Waals surface area contributed by atoms with Crippen molar-refractivity contribution in [3.05, 3.63) is 106 Å². The monoisotopic (exact) mass is 436 g/mol. The van der Waals surface area contributed by atoms with E-state index in [1.54, 1.807) is 47.3 Å². The molecule has 3 aromatic rings. The molecule has 4 rings (SSSR count). The van der Waals surface area contributed by atoms with E-state index in [1.165, 1.54) is 12.1 Å². The Bertz CT molecular complexity index is 1140. The summed E-state index contributed by atoms with van der Waals surface area (Å²) in [5, 5.41) is 3.41. The van der Waals surface area contributed by atoms with E-state index in [-0.39, 0.29) is 17.6 Å². The number of benzene rings is 3. The predicted molar refractivity (Wildman–Crippen MR) is 117 cm³/mol. The molecule has 1 heterocycles. The van der Waals surface area contributed by atoms with Crippen molar-refractivity contribution in [1.82, 2.24) is 10.7 Å². The van der Waals surface area contributed by atoms with Crippen LogP contribution in [0.5, 0.6) is 0 Å². The SMILES string of the molecule is Cc1ccc(C(=O)N[C@H]2C(=O)N/[N+](=C\c3ccc(F)cc3)[C@@H]2c2ccc(Cl)cc2)cc1. The molecular formula is C24H20ClFN3O2+. The van der Waals surface area contributed by atoms with Crippen LogP contribution in [0.2, 0.25) is 5.02 Å². The average molecular weight is 437 g/mol. The number of hydrazone groups is 1. The first-order valence-electron chi connectivity index (χ1n) is 9.73. The lowest BCUT2D eigenvalue weighted by atomic mass is 9.99. The van der Waals surface area contributed by atoms with Crippen LogP contribution in [0.15, 0.2) is 72.8 Å². The first kappa shape index (κ1) is 20.8. The average Bonchev–Trinajstić information content (AvgIpc) is 3.05. The molecule has 7 heteroatoms. The Labute approximate surface area is 184 Å². The molecule has 1 aliphatic heterocycles. The van der Waals surface area contributed by atoms with Crippen molar-refractivity contribution in [2.45, 2.75) is 19.0 Å². The van der Waals surface area contributed by atoms with Gasteiger partial charge < -0.3 is 5.32 Å². The van der Waals surface area contributed by atoms with Crippen molar-refractivity contribution in [1.29, 1.82) is 0 Å². The summed E-state index contributed by atoms with van der Waals surface area (Å²) < 4.78 is 14.9. The second kappa shape index (κ2) is 8.70. The number of carbonyl (C=O) groups is 2. The van der Waals surface area contributed by atoms with Crippen LogP contribution < -0.4 is 10.7 Å². The summed E-state index contributed by atoms with van der Waals surface area (Å²) >= 11 is 6.03. The number of hydrazine groups is 1. The summed E-state index contributed by atoms with van der Waals surface area (Å²) in [6, 6.07) is 18.7. The van der Waals surface area contributed by atoms with Crippen LogP contribution in [0.25, 0.3) is 0 Å². The molecule has 1 saturated heterocycles. The number of amides is 2. The lowest BCUT2D eigenvalue weighted by Crippen LogP contribution is -2.42. The fourth-order valence-electron chi connectivity index (χ4n) is 3.48. The third-order valence-corrected chi connectivity index (χ3v) is 5.36. The molecule has 0 saturated carbocycles. The quantitative estimate of drug-likeness (QED) is 0.611. The zero-order chi connectivity index (χ0) is 22.0. The molecule has 0 aliphatic carbocycles. The van der Waals surface area contributed by atoms with Crippen molar-refractivity contribution in [2.75, 3.05) is 0 Å². The molecule has 1 aliphatic rings. The van der Waals surface area contributed by atoms with E-state index in [0.29, 0.717) is 16.1 Å². The molecule has 0 radical (unpaired) electrons. The maximum absolute atomic E-state index is 13.3. The molecule has 0 unspecified atom stereocenters. The van der Waals surface area contributed by atoms with Crippen LogP contribution in [-0.4, -0.2) is 28.8 Å². The van der Waals surface area contributed by atoms with Gasteiger partial charge in [-0.1, -0.05) is 41.4 Å². The zero-order valence-electron chi connectivity index (χ0n) is 16.7. The van der Waals surface area contributed by atoms with Gasteiger partial charge in [0.1, 0.15) is 5.82 Å². The summed E-state index contributed by atoms with van der Waals surface area (Å²) in [4.78, 5) is 25.6. The number of nitrogens with zero attached hydrogens (tertiary/aromatic N) is 1. The predicted octanol–water partition coefficient (Wildman–Crippen LogP) is 3.80. The standard InChI is InChI=1S/C24H19ClFN3O2/c1-15-2-6-18(7-3-15)23(30)27-21-22(17-8-10-19(25)11-9-17)29(28-24(21)31)14-16-4-12-20(26)13-5-16/h2-14,21-22H,1H3,(H-,27,28,30,31)/p+1/b29-14-/t21-,22-/m1/s1. The minimum absolute atomic E-state index is 0.345. The van der Waals surface area contributed by atoms with Gasteiger partial charge in [0.2, 0.25) is 12.3 Å². The smallest absolute Gasteiger partial charge is 0.304 e. The zero-order valence-corrected chi connectivity index (χ0v) is 17.4. The summed E-state index contributed by atoms with van der Waals surface area (Å²) in [7, 11) is 0. The first-order valence-corrected chi connectivity index (χ1v) is 10.1. The second-order valence-corrected chi connectivity index (χ2v) is 7.81. The Balaban J connectivity index is 1.69. The molecule has 0 aromatic heterocycles. The number of hydrogen-bond donors (Lipinski definition) is 2. The molecule has 2 amide bonds. The van der Waals surface area contributed by atoms with Crippen LogP contribution >= 0.6 is 11.6 Å². The van der Waals surface area contributed by atoms with Gasteiger partial charge in [-0.15, -0.1) is 10.1 Å². The van der Waals surface area contributed by atoms with Crippen LogP contribution in [0.3, 0.4) is 0 Å². The van der Waals surface area contributed by atoms with E-state index in [4.69, 9.17) is 11.6 Å². The highest BCUT2D eigenvalue weighted by atomic mass is 35.5. The van der Waals surface area contributed by atoms with E-state index >= 15 is 0 Å². The number of hydrogen-bond acceptors (Lipinski definition) is 2. The molecule has 0 bridgehead atoms. The van der Waals surface area contributed by atoms with E-state index < -0.39 is 12.1 Å². The molecular weight excluding hydrogens is 417 g/mol. The Kier molecular flexibility index (Phi) is 5.82. The van der Waals surface area contributed by atoms with Crippen LogP contribution in [0.4, 0.5) is 4.39 Å². The first-order chi connectivity index (χ1) is 14.9. The van der Waals surface area contributed by atoms with Crippen LogP contribution in [0.1, 0.15) is 33.1 Å². The Morgan fingerprint density at radius 1 is 1.03 bits per heavy atom. The van der Waals surface area contributed by atoms with E-state index in [1.807, 2.05) is 31.2 Å². The van der Waals surface area contributed by atoms with Gasteiger partial charge in [-0.3, -0.25) is 9.59 Å². The Morgan fingerprint density at radius 3 is 2.32 bits per heavy atom. The third-order valence-electron chi connectivity index (χ3n) is 5.11. The molecule has 31 heavy (non-hydrogen) atoms. The maximum Gasteiger partial charge on any atom is 0.304 e. The molecule has 3 aromatic carbocycles. The highest BCUT2D eigenvalue weighted by Gasteiger charge is 2.47. The van der Waals surface area contributed by atoms with Gasteiger partial charge >= 0.3 is 5.91 Å². The largest absolute Gasteiger partial charge is 0.334 e. The van der Waals surface area contributed by atoms with Gasteiger partial charge in [0.15, 0.2) is 6.04 Å². The fraction of sp³-hybridized carbons (Fsp3) is 0.125. The van der Waals surface area contributed by atoms with Gasteiger partial charge in [-0.05, 0) is 55.5 Å². The summed E-state index contributed by atoms with van der Waals surface area (Å²) in [6.07, 6.45) is 1.70. The topological polar surface area (TPSA) is 61.2 Å². The second-order valence-electron chi connectivity index (χ2n) is 7.38.